The molecule has 0 atom stereocenters. The number of benzene rings is 2. The van der Waals surface area contributed by atoms with Gasteiger partial charge in [-0.1, -0.05) is 35.9 Å². The molecule has 2 heterocycles. The van der Waals surface area contributed by atoms with Crippen LogP contribution in [0, 0.1) is 0 Å². The largest absolute Gasteiger partial charge is 0.478 e. The van der Waals surface area contributed by atoms with Crippen molar-refractivity contribution in [1.29, 1.82) is 0 Å². The Morgan fingerprint density at radius 2 is 1.97 bits per heavy atom. The first-order valence-corrected chi connectivity index (χ1v) is 10.7. The first-order valence-electron chi connectivity index (χ1n) is 9.55. The van der Waals surface area contributed by atoms with Crippen LogP contribution in [-0.2, 0) is 4.79 Å². The van der Waals surface area contributed by atoms with Gasteiger partial charge >= 0.3 is 5.97 Å². The van der Waals surface area contributed by atoms with Gasteiger partial charge in [0.15, 0.2) is 5.17 Å². The lowest BCUT2D eigenvalue weighted by molar-refractivity contribution is -0.121. The van der Waals surface area contributed by atoms with Crippen molar-refractivity contribution in [3.05, 3.63) is 94.6 Å². The molecule has 0 aliphatic carbocycles. The third kappa shape index (κ3) is 4.54. The molecule has 160 valence electrons. The maximum absolute atomic E-state index is 12.9. The number of aliphatic imine (C=N–C) groups is 1. The van der Waals surface area contributed by atoms with Crippen molar-refractivity contribution in [3.63, 3.8) is 0 Å². The fourth-order valence-corrected chi connectivity index (χ4v) is 4.24. The quantitative estimate of drug-likeness (QED) is 0.352. The lowest BCUT2D eigenvalue weighted by Crippen LogP contribution is -2.29. The van der Waals surface area contributed by atoms with Crippen LogP contribution in [0.5, 0.6) is 0 Å². The van der Waals surface area contributed by atoms with Crippen LogP contribution in [0.25, 0.3) is 17.4 Å². The highest BCUT2D eigenvalue weighted by molar-refractivity contribution is 8.18. The molecule has 1 aromatic heterocycles. The molecule has 0 spiro atoms. The predicted octanol–water partition coefficient (Wildman–Crippen LogP) is 6.09. The van der Waals surface area contributed by atoms with Gasteiger partial charge in [-0.25, -0.2) is 9.79 Å². The van der Waals surface area contributed by atoms with Crippen LogP contribution in [0.2, 0.25) is 5.02 Å². The van der Waals surface area contributed by atoms with E-state index < -0.39 is 5.97 Å². The summed E-state index contributed by atoms with van der Waals surface area (Å²) in [6, 6.07) is 17.5. The van der Waals surface area contributed by atoms with Gasteiger partial charge in [-0.15, -0.1) is 6.58 Å². The average molecular weight is 465 g/mol. The van der Waals surface area contributed by atoms with E-state index in [1.807, 2.05) is 30.3 Å². The number of furan rings is 1. The fraction of sp³-hybridized carbons (Fsp3) is 0.0417. The van der Waals surface area contributed by atoms with E-state index in [0.29, 0.717) is 33.7 Å². The highest BCUT2D eigenvalue weighted by Crippen LogP contribution is 2.35. The SMILES string of the molecule is C=CCN1C(=O)/C(=C\c2ccc(-c3ccc(Cl)c(C(=O)O)c3)o2)SC1=Nc1ccccc1. The Hall–Kier alpha value is -3.55. The normalized spacial score (nSPS) is 16.2. The number of nitrogens with zero attached hydrogens (tertiary/aromatic N) is 2. The monoisotopic (exact) mass is 464 g/mol. The molecule has 1 amide bonds. The van der Waals surface area contributed by atoms with E-state index in [4.69, 9.17) is 16.0 Å². The minimum atomic E-state index is -1.12. The summed E-state index contributed by atoms with van der Waals surface area (Å²) >= 11 is 7.19. The maximum Gasteiger partial charge on any atom is 0.337 e. The van der Waals surface area contributed by atoms with Gasteiger partial charge in [0, 0.05) is 18.2 Å². The molecule has 0 unspecified atom stereocenters. The van der Waals surface area contributed by atoms with Crippen molar-refractivity contribution in [1.82, 2.24) is 4.90 Å². The van der Waals surface area contributed by atoms with Crippen molar-refractivity contribution < 1.29 is 19.1 Å². The Balaban J connectivity index is 1.63. The number of halogens is 1. The van der Waals surface area contributed by atoms with Crippen LogP contribution in [0.3, 0.4) is 0 Å². The molecule has 0 bridgehead atoms. The molecule has 1 N–H and O–H groups in total. The van der Waals surface area contributed by atoms with Gasteiger partial charge in [0.2, 0.25) is 0 Å². The molecule has 32 heavy (non-hydrogen) atoms. The molecular formula is C24H17ClN2O4S. The molecule has 1 fully saturated rings. The summed E-state index contributed by atoms with van der Waals surface area (Å²) in [5, 5.41) is 9.98. The lowest BCUT2D eigenvalue weighted by atomic mass is 10.1. The van der Waals surface area contributed by atoms with E-state index in [0.717, 1.165) is 5.69 Å². The number of para-hydroxylation sites is 1. The smallest absolute Gasteiger partial charge is 0.337 e. The molecule has 6 nitrogen and oxygen atoms in total. The zero-order valence-electron chi connectivity index (χ0n) is 16.7. The Morgan fingerprint density at radius 3 is 2.69 bits per heavy atom. The number of carboxylic acids is 1. The molecular weight excluding hydrogens is 448 g/mol. The van der Waals surface area contributed by atoms with Crippen LogP contribution in [0.4, 0.5) is 5.69 Å². The number of amides is 1. The Bertz CT molecular complexity index is 1260. The number of rotatable bonds is 6. The number of aromatic carboxylic acids is 1. The zero-order valence-corrected chi connectivity index (χ0v) is 18.3. The fourth-order valence-electron chi connectivity index (χ4n) is 3.05. The number of thioether (sulfide) groups is 1. The average Bonchev–Trinajstić information content (AvgIpc) is 3.35. The second-order valence-electron chi connectivity index (χ2n) is 6.75. The molecule has 1 saturated heterocycles. The zero-order chi connectivity index (χ0) is 22.7. The molecule has 0 radical (unpaired) electrons. The van der Waals surface area contributed by atoms with Gasteiger partial charge in [0.25, 0.3) is 5.91 Å². The Labute approximate surface area is 193 Å². The minimum absolute atomic E-state index is 0.0103. The number of carboxylic acid groups (broad SMARTS) is 1. The molecule has 0 saturated carbocycles. The highest BCUT2D eigenvalue weighted by Gasteiger charge is 2.33. The maximum atomic E-state index is 12.9. The second kappa shape index (κ2) is 9.30. The number of amidine groups is 1. The molecule has 1 aliphatic rings. The van der Waals surface area contributed by atoms with Crippen LogP contribution in [0.15, 0.2) is 87.6 Å². The van der Waals surface area contributed by atoms with Gasteiger partial charge in [0.05, 0.1) is 21.2 Å². The van der Waals surface area contributed by atoms with Gasteiger partial charge in [-0.3, -0.25) is 9.69 Å². The first kappa shape index (κ1) is 21.7. The number of carbonyl (C=O) groups excluding carboxylic acids is 1. The summed E-state index contributed by atoms with van der Waals surface area (Å²) in [5.74, 6) is -0.386. The summed E-state index contributed by atoms with van der Waals surface area (Å²) in [5.41, 5.74) is 1.31. The minimum Gasteiger partial charge on any atom is -0.478 e. The van der Waals surface area contributed by atoms with Crippen molar-refractivity contribution in [2.75, 3.05) is 6.54 Å². The third-order valence-corrected chi connectivity index (χ3v) is 5.90. The van der Waals surface area contributed by atoms with Crippen LogP contribution < -0.4 is 0 Å². The number of hydrogen-bond donors (Lipinski definition) is 1. The van der Waals surface area contributed by atoms with Gasteiger partial charge in [-0.05, 0) is 54.2 Å². The van der Waals surface area contributed by atoms with Crippen LogP contribution >= 0.6 is 23.4 Å². The highest BCUT2D eigenvalue weighted by atomic mass is 35.5. The van der Waals surface area contributed by atoms with E-state index in [-0.39, 0.29) is 16.5 Å². The van der Waals surface area contributed by atoms with Gasteiger partial charge in [-0.2, -0.15) is 0 Å². The molecule has 4 rings (SSSR count). The van der Waals surface area contributed by atoms with E-state index in [1.54, 1.807) is 35.3 Å². The molecule has 2 aromatic carbocycles. The van der Waals surface area contributed by atoms with E-state index in [1.165, 1.54) is 23.9 Å². The molecule has 3 aromatic rings. The standard InChI is InChI=1S/C24H17ClN2O4S/c1-2-12-27-22(28)21(32-24(27)26-16-6-4-3-5-7-16)14-17-9-11-20(31-17)15-8-10-19(25)18(13-15)23(29)30/h2-11,13-14H,1,12H2,(H,29,30)/b21-14+,26-24?. The van der Waals surface area contributed by atoms with Crippen molar-refractivity contribution >= 4 is 52.2 Å². The van der Waals surface area contributed by atoms with E-state index in [2.05, 4.69) is 11.6 Å². The third-order valence-electron chi connectivity index (χ3n) is 4.56. The number of carbonyl (C=O) groups is 2. The first-order chi connectivity index (χ1) is 15.5. The Kier molecular flexibility index (Phi) is 6.30. The summed E-state index contributed by atoms with van der Waals surface area (Å²) < 4.78 is 5.85. The van der Waals surface area contributed by atoms with Crippen LogP contribution in [0.1, 0.15) is 16.1 Å². The number of hydrogen-bond acceptors (Lipinski definition) is 5. The molecule has 1 aliphatic heterocycles. The van der Waals surface area contributed by atoms with Crippen molar-refractivity contribution in [2.45, 2.75) is 0 Å². The van der Waals surface area contributed by atoms with Crippen molar-refractivity contribution in [2.24, 2.45) is 4.99 Å². The molecule has 8 heteroatoms. The van der Waals surface area contributed by atoms with Gasteiger partial charge < -0.3 is 9.52 Å². The predicted molar refractivity (Wildman–Crippen MR) is 127 cm³/mol. The van der Waals surface area contributed by atoms with Crippen molar-refractivity contribution in [3.8, 4) is 11.3 Å². The van der Waals surface area contributed by atoms with Crippen LogP contribution in [-0.4, -0.2) is 33.6 Å². The summed E-state index contributed by atoms with van der Waals surface area (Å²) in [4.78, 5) is 30.9. The summed E-state index contributed by atoms with van der Waals surface area (Å²) in [6.45, 7) is 4.06. The topological polar surface area (TPSA) is 83.1 Å². The Morgan fingerprint density at radius 1 is 1.19 bits per heavy atom. The van der Waals surface area contributed by atoms with Gasteiger partial charge in [0.1, 0.15) is 11.5 Å². The van der Waals surface area contributed by atoms with E-state index in [9.17, 15) is 14.7 Å². The lowest BCUT2D eigenvalue weighted by Gasteiger charge is -2.12. The summed E-state index contributed by atoms with van der Waals surface area (Å²) in [6.07, 6.45) is 3.29. The second-order valence-corrected chi connectivity index (χ2v) is 8.16. The van der Waals surface area contributed by atoms with E-state index >= 15 is 0 Å². The summed E-state index contributed by atoms with van der Waals surface area (Å²) in [7, 11) is 0.